The van der Waals surface area contributed by atoms with Crippen LogP contribution in [0, 0.1) is 5.82 Å². The molecule has 0 aliphatic heterocycles. The first-order valence-corrected chi connectivity index (χ1v) is 7.52. The molecule has 1 aromatic carbocycles. The molecule has 1 unspecified atom stereocenters. The van der Waals surface area contributed by atoms with Gasteiger partial charge in [0.2, 0.25) is 0 Å². The minimum Gasteiger partial charge on any atom is -0.313 e. The fraction of sp³-hybridized carbons (Fsp3) is 0.412. The third kappa shape index (κ3) is 3.27. The summed E-state index contributed by atoms with van der Waals surface area (Å²) in [6.07, 6.45) is 7.18. The van der Waals surface area contributed by atoms with Crippen LogP contribution in [0.25, 0.3) is 0 Å². The Balaban J connectivity index is 1.85. The lowest BCUT2D eigenvalue weighted by Gasteiger charge is -2.16. The van der Waals surface area contributed by atoms with Crippen LogP contribution in [-0.4, -0.2) is 17.0 Å². The summed E-state index contributed by atoms with van der Waals surface area (Å²) in [5, 5.41) is 3.35. The zero-order chi connectivity index (χ0) is 14.7. The highest BCUT2D eigenvalue weighted by Gasteiger charge is 2.19. The maximum atomic E-state index is 12.9. The standard InChI is InChI=1S/C17H20FN3/c1-19-15-4-2-3-5-16-14(15)11-20-17(21-16)10-12-6-8-13(18)9-7-12/h6-9,11,15,19H,2-5,10H2,1H3. The number of aromatic nitrogens is 2. The van der Waals surface area contributed by atoms with Gasteiger partial charge in [0.05, 0.1) is 0 Å². The molecular formula is C17H20FN3. The fourth-order valence-corrected chi connectivity index (χ4v) is 2.93. The number of hydrogen-bond acceptors (Lipinski definition) is 3. The Morgan fingerprint density at radius 2 is 2.05 bits per heavy atom. The summed E-state index contributed by atoms with van der Waals surface area (Å²) < 4.78 is 12.9. The molecule has 0 saturated carbocycles. The summed E-state index contributed by atoms with van der Waals surface area (Å²) in [5.74, 6) is 0.607. The van der Waals surface area contributed by atoms with E-state index in [9.17, 15) is 4.39 Å². The van der Waals surface area contributed by atoms with E-state index in [4.69, 9.17) is 4.98 Å². The zero-order valence-electron chi connectivity index (χ0n) is 12.3. The third-order valence-electron chi connectivity index (χ3n) is 4.11. The highest BCUT2D eigenvalue weighted by molar-refractivity contribution is 5.26. The monoisotopic (exact) mass is 285 g/mol. The summed E-state index contributed by atoms with van der Waals surface area (Å²) >= 11 is 0. The van der Waals surface area contributed by atoms with Crippen LogP contribution in [0.2, 0.25) is 0 Å². The van der Waals surface area contributed by atoms with Crippen molar-refractivity contribution in [3.63, 3.8) is 0 Å². The molecule has 3 rings (SSSR count). The van der Waals surface area contributed by atoms with Crippen molar-refractivity contribution in [2.45, 2.75) is 38.1 Å². The maximum Gasteiger partial charge on any atom is 0.132 e. The van der Waals surface area contributed by atoms with Crippen molar-refractivity contribution < 1.29 is 4.39 Å². The topological polar surface area (TPSA) is 37.8 Å². The molecule has 21 heavy (non-hydrogen) atoms. The second-order valence-corrected chi connectivity index (χ2v) is 5.58. The van der Waals surface area contributed by atoms with Gasteiger partial charge in [0, 0.05) is 29.9 Å². The van der Waals surface area contributed by atoms with Crippen LogP contribution >= 0.6 is 0 Å². The first-order valence-electron chi connectivity index (χ1n) is 7.52. The molecular weight excluding hydrogens is 265 g/mol. The number of hydrogen-bond donors (Lipinski definition) is 1. The van der Waals surface area contributed by atoms with E-state index in [0.717, 1.165) is 24.2 Å². The van der Waals surface area contributed by atoms with E-state index in [2.05, 4.69) is 10.3 Å². The van der Waals surface area contributed by atoms with E-state index in [0.29, 0.717) is 12.5 Å². The lowest BCUT2D eigenvalue weighted by Crippen LogP contribution is -2.18. The molecule has 0 saturated heterocycles. The molecule has 1 aliphatic carbocycles. The molecule has 0 spiro atoms. The Bertz CT molecular complexity index is 610. The van der Waals surface area contributed by atoms with E-state index in [1.165, 1.54) is 36.2 Å². The summed E-state index contributed by atoms with van der Waals surface area (Å²) in [6.45, 7) is 0. The number of nitrogens with zero attached hydrogens (tertiary/aromatic N) is 2. The molecule has 110 valence electrons. The molecule has 1 aromatic heterocycles. The largest absolute Gasteiger partial charge is 0.313 e. The SMILES string of the molecule is CNC1CCCCc2nc(Cc3ccc(F)cc3)ncc21. The molecule has 4 heteroatoms. The van der Waals surface area contributed by atoms with Crippen molar-refractivity contribution in [3.8, 4) is 0 Å². The van der Waals surface area contributed by atoms with Gasteiger partial charge in [0.15, 0.2) is 0 Å². The Kier molecular flexibility index (Phi) is 4.25. The van der Waals surface area contributed by atoms with Crippen LogP contribution in [0.15, 0.2) is 30.5 Å². The molecule has 1 aliphatic rings. The van der Waals surface area contributed by atoms with Gasteiger partial charge in [-0.25, -0.2) is 14.4 Å². The van der Waals surface area contributed by atoms with Crippen molar-refractivity contribution in [2.24, 2.45) is 0 Å². The smallest absolute Gasteiger partial charge is 0.132 e. The first-order chi connectivity index (χ1) is 10.3. The molecule has 1 heterocycles. The summed E-state index contributed by atoms with van der Waals surface area (Å²) in [6, 6.07) is 6.91. The highest BCUT2D eigenvalue weighted by atomic mass is 19.1. The van der Waals surface area contributed by atoms with E-state index in [1.807, 2.05) is 13.2 Å². The van der Waals surface area contributed by atoms with Gasteiger partial charge in [0.1, 0.15) is 11.6 Å². The fourth-order valence-electron chi connectivity index (χ4n) is 2.93. The Hall–Kier alpha value is -1.81. The Morgan fingerprint density at radius 3 is 2.81 bits per heavy atom. The molecule has 0 radical (unpaired) electrons. The van der Waals surface area contributed by atoms with E-state index in [1.54, 1.807) is 12.1 Å². The quantitative estimate of drug-likeness (QED) is 0.880. The second-order valence-electron chi connectivity index (χ2n) is 5.58. The van der Waals surface area contributed by atoms with Crippen LogP contribution < -0.4 is 5.32 Å². The number of benzene rings is 1. The van der Waals surface area contributed by atoms with Gasteiger partial charge >= 0.3 is 0 Å². The number of nitrogens with one attached hydrogen (secondary N) is 1. The van der Waals surface area contributed by atoms with E-state index >= 15 is 0 Å². The van der Waals surface area contributed by atoms with Crippen molar-refractivity contribution >= 4 is 0 Å². The van der Waals surface area contributed by atoms with E-state index in [-0.39, 0.29) is 5.82 Å². The molecule has 2 aromatic rings. The number of halogens is 1. The number of rotatable bonds is 3. The predicted molar refractivity (Wildman–Crippen MR) is 80.6 cm³/mol. The molecule has 0 fully saturated rings. The highest BCUT2D eigenvalue weighted by Crippen LogP contribution is 2.26. The van der Waals surface area contributed by atoms with Crippen LogP contribution in [-0.2, 0) is 12.8 Å². The van der Waals surface area contributed by atoms with Gasteiger partial charge in [-0.3, -0.25) is 0 Å². The molecule has 3 nitrogen and oxygen atoms in total. The van der Waals surface area contributed by atoms with Gasteiger partial charge in [-0.1, -0.05) is 18.6 Å². The van der Waals surface area contributed by atoms with Gasteiger partial charge in [-0.2, -0.15) is 0 Å². The van der Waals surface area contributed by atoms with Crippen molar-refractivity contribution in [2.75, 3.05) is 7.05 Å². The second kappa shape index (κ2) is 6.31. The predicted octanol–water partition coefficient (Wildman–Crippen LogP) is 3.19. The number of fused-ring (bicyclic) bond motifs is 1. The number of aryl methyl sites for hydroxylation is 1. The van der Waals surface area contributed by atoms with Gasteiger partial charge in [-0.15, -0.1) is 0 Å². The zero-order valence-corrected chi connectivity index (χ0v) is 12.3. The van der Waals surface area contributed by atoms with Gasteiger partial charge < -0.3 is 5.32 Å². The minimum absolute atomic E-state index is 0.210. The average Bonchev–Trinajstić information content (AvgIpc) is 2.71. The van der Waals surface area contributed by atoms with Crippen LogP contribution in [0.1, 0.15) is 47.9 Å². The summed E-state index contributed by atoms with van der Waals surface area (Å²) in [4.78, 5) is 9.25. The maximum absolute atomic E-state index is 12.9. The molecule has 1 atom stereocenters. The Labute approximate surface area is 124 Å². The minimum atomic E-state index is -0.210. The summed E-state index contributed by atoms with van der Waals surface area (Å²) in [7, 11) is 1.99. The molecule has 0 amide bonds. The van der Waals surface area contributed by atoms with Crippen molar-refractivity contribution in [1.29, 1.82) is 0 Å². The van der Waals surface area contributed by atoms with Gasteiger partial charge in [-0.05, 0) is 44.0 Å². The normalized spacial score (nSPS) is 18.1. The van der Waals surface area contributed by atoms with Crippen LogP contribution in [0.4, 0.5) is 4.39 Å². The van der Waals surface area contributed by atoms with Gasteiger partial charge in [0.25, 0.3) is 0 Å². The summed E-state index contributed by atoms with van der Waals surface area (Å²) in [5.41, 5.74) is 3.44. The third-order valence-corrected chi connectivity index (χ3v) is 4.11. The van der Waals surface area contributed by atoms with Crippen molar-refractivity contribution in [3.05, 3.63) is 58.9 Å². The molecule has 1 N–H and O–H groups in total. The van der Waals surface area contributed by atoms with E-state index < -0.39 is 0 Å². The lowest BCUT2D eigenvalue weighted by molar-refractivity contribution is 0.531. The lowest BCUT2D eigenvalue weighted by atomic mass is 10.0. The first kappa shape index (κ1) is 14.1. The van der Waals surface area contributed by atoms with Crippen LogP contribution in [0.3, 0.4) is 0 Å². The Morgan fingerprint density at radius 1 is 1.24 bits per heavy atom. The average molecular weight is 285 g/mol. The molecule has 0 bridgehead atoms. The van der Waals surface area contributed by atoms with Crippen LogP contribution in [0.5, 0.6) is 0 Å². The van der Waals surface area contributed by atoms with Crippen molar-refractivity contribution in [1.82, 2.24) is 15.3 Å².